The van der Waals surface area contributed by atoms with Crippen molar-refractivity contribution in [3.63, 3.8) is 0 Å². The van der Waals surface area contributed by atoms with Crippen molar-refractivity contribution >= 4 is 17.5 Å². The Bertz CT molecular complexity index is 369. The molecule has 0 amide bonds. The van der Waals surface area contributed by atoms with Gasteiger partial charge in [0.25, 0.3) is 0 Å². The van der Waals surface area contributed by atoms with Crippen LogP contribution in [0.5, 0.6) is 0 Å². The lowest BCUT2D eigenvalue weighted by Gasteiger charge is -2.01. The molecule has 0 aromatic heterocycles. The van der Waals surface area contributed by atoms with Gasteiger partial charge in [-0.25, -0.2) is 0 Å². The SMILES string of the molecule is CCc1ccc(/C(S)=C/C=C/C(C)C)cc1. The van der Waals surface area contributed by atoms with Gasteiger partial charge in [0, 0.05) is 4.91 Å². The Morgan fingerprint density at radius 1 is 1.25 bits per heavy atom. The van der Waals surface area contributed by atoms with E-state index in [4.69, 9.17) is 0 Å². The van der Waals surface area contributed by atoms with E-state index >= 15 is 0 Å². The van der Waals surface area contributed by atoms with Gasteiger partial charge in [0.1, 0.15) is 0 Å². The fraction of sp³-hybridized carbons (Fsp3) is 0.333. The molecule has 0 saturated carbocycles. The maximum atomic E-state index is 4.50. The number of allylic oxidation sites excluding steroid dienone is 3. The van der Waals surface area contributed by atoms with Crippen molar-refractivity contribution < 1.29 is 0 Å². The molecule has 0 nitrogen and oxygen atoms in total. The van der Waals surface area contributed by atoms with Gasteiger partial charge in [0.15, 0.2) is 0 Å². The summed E-state index contributed by atoms with van der Waals surface area (Å²) in [6.45, 7) is 6.50. The molecular formula is C15H20S. The highest BCUT2D eigenvalue weighted by Crippen LogP contribution is 2.19. The van der Waals surface area contributed by atoms with E-state index in [0.717, 1.165) is 11.3 Å². The van der Waals surface area contributed by atoms with E-state index < -0.39 is 0 Å². The summed E-state index contributed by atoms with van der Waals surface area (Å²) in [7, 11) is 0. The lowest BCUT2D eigenvalue weighted by atomic mass is 10.1. The molecule has 0 aliphatic heterocycles. The second-order valence-corrected chi connectivity index (χ2v) is 4.71. The van der Waals surface area contributed by atoms with Gasteiger partial charge in [-0.15, -0.1) is 12.6 Å². The van der Waals surface area contributed by atoms with Crippen LogP contribution in [0.15, 0.2) is 42.5 Å². The first-order valence-electron chi connectivity index (χ1n) is 5.80. The summed E-state index contributed by atoms with van der Waals surface area (Å²) < 4.78 is 0. The van der Waals surface area contributed by atoms with E-state index in [-0.39, 0.29) is 0 Å². The third-order valence-corrected chi connectivity index (χ3v) is 2.82. The lowest BCUT2D eigenvalue weighted by molar-refractivity contribution is 0.832. The summed E-state index contributed by atoms with van der Waals surface area (Å²) >= 11 is 4.50. The van der Waals surface area contributed by atoms with Crippen molar-refractivity contribution in [2.24, 2.45) is 5.92 Å². The molecule has 0 aliphatic carbocycles. The zero-order valence-corrected chi connectivity index (χ0v) is 11.2. The molecule has 1 aromatic rings. The molecule has 0 N–H and O–H groups in total. The van der Waals surface area contributed by atoms with Gasteiger partial charge in [0.05, 0.1) is 0 Å². The number of aryl methyl sites for hydroxylation is 1. The van der Waals surface area contributed by atoms with Crippen LogP contribution in [0, 0.1) is 5.92 Å². The normalized spacial score (nSPS) is 12.7. The molecule has 1 aromatic carbocycles. The zero-order chi connectivity index (χ0) is 12.0. The highest BCUT2D eigenvalue weighted by Gasteiger charge is 1.95. The molecule has 0 fully saturated rings. The molecule has 0 aliphatic rings. The summed E-state index contributed by atoms with van der Waals surface area (Å²) in [5, 5.41) is 0. The fourth-order valence-corrected chi connectivity index (χ4v) is 1.61. The fourth-order valence-electron chi connectivity index (χ4n) is 1.38. The quantitative estimate of drug-likeness (QED) is 0.563. The minimum Gasteiger partial charge on any atom is -0.143 e. The summed E-state index contributed by atoms with van der Waals surface area (Å²) in [6.07, 6.45) is 7.36. The number of thiol groups is 1. The largest absolute Gasteiger partial charge is 0.143 e. The van der Waals surface area contributed by atoms with Crippen molar-refractivity contribution in [1.82, 2.24) is 0 Å². The van der Waals surface area contributed by atoms with Crippen molar-refractivity contribution in [1.29, 1.82) is 0 Å². The second-order valence-electron chi connectivity index (χ2n) is 4.23. The molecule has 16 heavy (non-hydrogen) atoms. The predicted molar refractivity (Wildman–Crippen MR) is 76.8 cm³/mol. The Kier molecular flexibility index (Phi) is 5.41. The zero-order valence-electron chi connectivity index (χ0n) is 10.3. The molecular weight excluding hydrogens is 212 g/mol. The van der Waals surface area contributed by atoms with E-state index in [1.165, 1.54) is 11.1 Å². The van der Waals surface area contributed by atoms with E-state index in [2.05, 4.69) is 69.8 Å². The number of hydrogen-bond donors (Lipinski definition) is 1. The number of benzene rings is 1. The number of hydrogen-bond acceptors (Lipinski definition) is 1. The maximum absolute atomic E-state index is 4.50. The first kappa shape index (κ1) is 13.1. The van der Waals surface area contributed by atoms with Crippen molar-refractivity contribution in [3.05, 3.63) is 53.6 Å². The van der Waals surface area contributed by atoms with Gasteiger partial charge < -0.3 is 0 Å². The minimum absolute atomic E-state index is 0.583. The Morgan fingerprint density at radius 2 is 1.88 bits per heavy atom. The molecule has 0 heterocycles. The van der Waals surface area contributed by atoms with Gasteiger partial charge in [-0.1, -0.05) is 57.2 Å². The Morgan fingerprint density at radius 3 is 2.38 bits per heavy atom. The van der Waals surface area contributed by atoms with Crippen LogP contribution in [0.1, 0.15) is 31.9 Å². The highest BCUT2D eigenvalue weighted by atomic mass is 32.1. The highest BCUT2D eigenvalue weighted by molar-refractivity contribution is 7.90. The van der Waals surface area contributed by atoms with Gasteiger partial charge >= 0.3 is 0 Å². The van der Waals surface area contributed by atoms with Crippen molar-refractivity contribution in [2.45, 2.75) is 27.2 Å². The molecule has 0 atom stereocenters. The first-order valence-corrected chi connectivity index (χ1v) is 6.25. The van der Waals surface area contributed by atoms with Crippen LogP contribution in [-0.4, -0.2) is 0 Å². The van der Waals surface area contributed by atoms with E-state index in [1.54, 1.807) is 0 Å². The molecule has 0 radical (unpaired) electrons. The Hall–Kier alpha value is -0.950. The second kappa shape index (κ2) is 6.59. The van der Waals surface area contributed by atoms with Crippen LogP contribution in [0.4, 0.5) is 0 Å². The number of rotatable bonds is 4. The van der Waals surface area contributed by atoms with Gasteiger partial charge in [0.2, 0.25) is 0 Å². The van der Waals surface area contributed by atoms with E-state index in [0.29, 0.717) is 5.92 Å². The van der Waals surface area contributed by atoms with Crippen LogP contribution < -0.4 is 0 Å². The van der Waals surface area contributed by atoms with Gasteiger partial charge in [-0.2, -0.15) is 0 Å². The molecule has 0 saturated heterocycles. The summed E-state index contributed by atoms with van der Waals surface area (Å²) in [4.78, 5) is 1.01. The monoisotopic (exact) mass is 232 g/mol. The summed E-state index contributed by atoms with van der Waals surface area (Å²) in [6, 6.07) is 8.57. The maximum Gasteiger partial charge on any atom is 0.0112 e. The average molecular weight is 232 g/mol. The predicted octanol–water partition coefficient (Wildman–Crippen LogP) is 4.73. The van der Waals surface area contributed by atoms with Gasteiger partial charge in [-0.3, -0.25) is 0 Å². The molecule has 1 rings (SSSR count). The topological polar surface area (TPSA) is 0 Å². The first-order chi connectivity index (χ1) is 7.63. The molecule has 0 unspecified atom stereocenters. The summed E-state index contributed by atoms with van der Waals surface area (Å²) in [5.74, 6) is 0.583. The van der Waals surface area contributed by atoms with Crippen molar-refractivity contribution in [3.8, 4) is 0 Å². The lowest BCUT2D eigenvalue weighted by Crippen LogP contribution is -1.81. The third kappa shape index (κ3) is 4.28. The molecule has 0 spiro atoms. The van der Waals surface area contributed by atoms with E-state index in [9.17, 15) is 0 Å². The molecule has 1 heteroatoms. The van der Waals surface area contributed by atoms with Gasteiger partial charge in [-0.05, 0) is 29.5 Å². The average Bonchev–Trinajstić information content (AvgIpc) is 2.28. The molecule has 0 bridgehead atoms. The van der Waals surface area contributed by atoms with E-state index in [1.807, 2.05) is 6.08 Å². The van der Waals surface area contributed by atoms with Crippen LogP contribution in [-0.2, 0) is 6.42 Å². The van der Waals surface area contributed by atoms with Crippen LogP contribution >= 0.6 is 12.6 Å². The third-order valence-electron chi connectivity index (χ3n) is 2.41. The summed E-state index contributed by atoms with van der Waals surface area (Å²) in [5.41, 5.74) is 2.54. The van der Waals surface area contributed by atoms with Crippen LogP contribution in [0.3, 0.4) is 0 Å². The standard InChI is InChI=1S/C15H20S/c1-4-13-8-10-14(11-9-13)15(16)7-5-6-12(2)3/h5-12,16H,4H2,1-3H3/b6-5+,15-7-. The van der Waals surface area contributed by atoms with Crippen molar-refractivity contribution in [2.75, 3.05) is 0 Å². The van der Waals surface area contributed by atoms with Crippen LogP contribution in [0.25, 0.3) is 4.91 Å². The molecule has 86 valence electrons. The van der Waals surface area contributed by atoms with Crippen LogP contribution in [0.2, 0.25) is 0 Å². The Balaban J connectivity index is 2.75. The minimum atomic E-state index is 0.583. The smallest absolute Gasteiger partial charge is 0.0112 e. The Labute approximate surface area is 104 Å².